The lowest BCUT2D eigenvalue weighted by molar-refractivity contribution is -0.00522. The standard InChI is InChI=1S/C14H22N2O/c1-10-8-16(9-11(2)17-10)14-6-4-5-13(7-14)12(3)15/h4-7,10-12H,8-9,15H2,1-3H3/t10-,11+,12-/m0/s1. The van der Waals surface area contributed by atoms with Crippen LogP contribution in [0.2, 0.25) is 0 Å². The van der Waals surface area contributed by atoms with E-state index < -0.39 is 0 Å². The minimum atomic E-state index is 0.0887. The molecule has 1 aliphatic rings. The van der Waals surface area contributed by atoms with E-state index in [1.165, 1.54) is 11.3 Å². The molecular formula is C14H22N2O. The van der Waals surface area contributed by atoms with Crippen LogP contribution in [0.25, 0.3) is 0 Å². The van der Waals surface area contributed by atoms with Crippen LogP contribution in [0.1, 0.15) is 32.4 Å². The van der Waals surface area contributed by atoms with Crippen molar-refractivity contribution in [2.45, 2.75) is 39.0 Å². The molecule has 3 heteroatoms. The highest BCUT2D eigenvalue weighted by Gasteiger charge is 2.22. The van der Waals surface area contributed by atoms with Crippen LogP contribution in [0.3, 0.4) is 0 Å². The highest BCUT2D eigenvalue weighted by Crippen LogP contribution is 2.23. The largest absolute Gasteiger partial charge is 0.372 e. The molecule has 94 valence electrons. The van der Waals surface area contributed by atoms with E-state index in [1.54, 1.807) is 0 Å². The second-order valence-electron chi connectivity index (χ2n) is 5.05. The van der Waals surface area contributed by atoms with Crippen molar-refractivity contribution in [2.24, 2.45) is 5.73 Å². The van der Waals surface area contributed by atoms with Crippen molar-refractivity contribution in [1.82, 2.24) is 0 Å². The molecule has 1 aromatic rings. The minimum absolute atomic E-state index is 0.0887. The number of hydrogen-bond donors (Lipinski definition) is 1. The molecule has 0 unspecified atom stereocenters. The molecule has 1 heterocycles. The number of ether oxygens (including phenoxy) is 1. The van der Waals surface area contributed by atoms with E-state index in [0.29, 0.717) is 0 Å². The molecule has 2 N–H and O–H groups in total. The molecule has 2 rings (SSSR count). The van der Waals surface area contributed by atoms with Gasteiger partial charge in [0, 0.05) is 24.8 Å². The molecule has 1 fully saturated rings. The smallest absolute Gasteiger partial charge is 0.0726 e. The van der Waals surface area contributed by atoms with Crippen LogP contribution in [-0.2, 0) is 4.74 Å². The third kappa shape index (κ3) is 2.99. The van der Waals surface area contributed by atoms with Gasteiger partial charge in [0.25, 0.3) is 0 Å². The first-order valence-corrected chi connectivity index (χ1v) is 6.32. The topological polar surface area (TPSA) is 38.5 Å². The monoisotopic (exact) mass is 234 g/mol. The van der Waals surface area contributed by atoms with Crippen LogP contribution in [-0.4, -0.2) is 25.3 Å². The predicted molar refractivity (Wildman–Crippen MR) is 71.3 cm³/mol. The van der Waals surface area contributed by atoms with Crippen LogP contribution in [0.4, 0.5) is 5.69 Å². The van der Waals surface area contributed by atoms with Gasteiger partial charge in [-0.2, -0.15) is 0 Å². The van der Waals surface area contributed by atoms with Gasteiger partial charge in [0.2, 0.25) is 0 Å². The fraction of sp³-hybridized carbons (Fsp3) is 0.571. The zero-order valence-corrected chi connectivity index (χ0v) is 10.9. The van der Waals surface area contributed by atoms with Crippen LogP contribution < -0.4 is 10.6 Å². The van der Waals surface area contributed by atoms with Crippen molar-refractivity contribution >= 4 is 5.69 Å². The van der Waals surface area contributed by atoms with E-state index >= 15 is 0 Å². The van der Waals surface area contributed by atoms with Crippen molar-refractivity contribution in [3.63, 3.8) is 0 Å². The second kappa shape index (κ2) is 5.07. The summed E-state index contributed by atoms with van der Waals surface area (Å²) in [6.07, 6.45) is 0.579. The molecule has 1 aromatic carbocycles. The number of nitrogens with two attached hydrogens (primary N) is 1. The fourth-order valence-electron chi connectivity index (χ4n) is 2.39. The first-order chi connectivity index (χ1) is 8.06. The molecule has 0 amide bonds. The lowest BCUT2D eigenvalue weighted by atomic mass is 10.1. The summed E-state index contributed by atoms with van der Waals surface area (Å²) in [7, 11) is 0. The summed E-state index contributed by atoms with van der Waals surface area (Å²) in [6, 6.07) is 8.60. The molecule has 0 radical (unpaired) electrons. The van der Waals surface area contributed by atoms with Gasteiger partial charge < -0.3 is 15.4 Å². The second-order valence-corrected chi connectivity index (χ2v) is 5.05. The molecule has 1 saturated heterocycles. The Labute approximate surface area is 104 Å². The van der Waals surface area contributed by atoms with Gasteiger partial charge in [-0.05, 0) is 38.5 Å². The van der Waals surface area contributed by atoms with Gasteiger partial charge in [-0.1, -0.05) is 12.1 Å². The van der Waals surface area contributed by atoms with Gasteiger partial charge in [-0.3, -0.25) is 0 Å². The summed E-state index contributed by atoms with van der Waals surface area (Å²) in [5.41, 5.74) is 8.36. The van der Waals surface area contributed by atoms with E-state index in [-0.39, 0.29) is 18.2 Å². The highest BCUT2D eigenvalue weighted by molar-refractivity contribution is 5.49. The Bertz CT molecular complexity index is 368. The number of rotatable bonds is 2. The number of morpholine rings is 1. The number of hydrogen-bond acceptors (Lipinski definition) is 3. The average molecular weight is 234 g/mol. The van der Waals surface area contributed by atoms with Crippen LogP contribution >= 0.6 is 0 Å². The molecule has 0 aromatic heterocycles. The van der Waals surface area contributed by atoms with E-state index in [4.69, 9.17) is 10.5 Å². The number of benzene rings is 1. The van der Waals surface area contributed by atoms with E-state index in [0.717, 1.165) is 13.1 Å². The summed E-state index contributed by atoms with van der Waals surface area (Å²) >= 11 is 0. The quantitative estimate of drug-likeness (QED) is 0.853. The van der Waals surface area contributed by atoms with Gasteiger partial charge in [0.1, 0.15) is 0 Å². The van der Waals surface area contributed by atoms with Crippen molar-refractivity contribution in [1.29, 1.82) is 0 Å². The van der Waals surface area contributed by atoms with Crippen LogP contribution in [0.15, 0.2) is 24.3 Å². The van der Waals surface area contributed by atoms with Gasteiger partial charge in [-0.25, -0.2) is 0 Å². The van der Waals surface area contributed by atoms with E-state index in [1.807, 2.05) is 6.92 Å². The first-order valence-electron chi connectivity index (χ1n) is 6.32. The van der Waals surface area contributed by atoms with E-state index in [2.05, 4.69) is 43.0 Å². The third-order valence-electron chi connectivity index (χ3n) is 3.18. The van der Waals surface area contributed by atoms with Gasteiger partial charge in [0.15, 0.2) is 0 Å². The Morgan fingerprint density at radius 1 is 1.29 bits per heavy atom. The first kappa shape index (κ1) is 12.4. The van der Waals surface area contributed by atoms with Crippen molar-refractivity contribution in [3.8, 4) is 0 Å². The highest BCUT2D eigenvalue weighted by atomic mass is 16.5. The van der Waals surface area contributed by atoms with Gasteiger partial charge >= 0.3 is 0 Å². The number of nitrogens with zero attached hydrogens (tertiary/aromatic N) is 1. The van der Waals surface area contributed by atoms with Gasteiger partial charge in [0.05, 0.1) is 12.2 Å². The van der Waals surface area contributed by atoms with E-state index in [9.17, 15) is 0 Å². The maximum atomic E-state index is 5.92. The third-order valence-corrected chi connectivity index (χ3v) is 3.18. The van der Waals surface area contributed by atoms with Crippen molar-refractivity contribution in [2.75, 3.05) is 18.0 Å². The molecule has 0 bridgehead atoms. The summed E-state index contributed by atoms with van der Waals surface area (Å²) < 4.78 is 5.75. The minimum Gasteiger partial charge on any atom is -0.372 e. The molecule has 1 aliphatic heterocycles. The number of anilines is 1. The Hall–Kier alpha value is -1.06. The summed E-state index contributed by atoms with van der Waals surface area (Å²) in [5.74, 6) is 0. The molecule has 3 nitrogen and oxygen atoms in total. The maximum Gasteiger partial charge on any atom is 0.0726 e. The Balaban J connectivity index is 2.18. The lowest BCUT2D eigenvalue weighted by Crippen LogP contribution is -2.45. The summed E-state index contributed by atoms with van der Waals surface area (Å²) in [4.78, 5) is 2.38. The molecule has 0 aliphatic carbocycles. The predicted octanol–water partition coefficient (Wildman–Crippen LogP) is 2.32. The SMILES string of the molecule is C[C@@H]1CN(c2cccc([C@H](C)N)c2)C[C@H](C)O1. The van der Waals surface area contributed by atoms with Crippen LogP contribution in [0.5, 0.6) is 0 Å². The molecule has 17 heavy (non-hydrogen) atoms. The van der Waals surface area contributed by atoms with Crippen LogP contribution in [0, 0.1) is 0 Å². The molecule has 0 saturated carbocycles. The lowest BCUT2D eigenvalue weighted by Gasteiger charge is -2.37. The zero-order valence-electron chi connectivity index (χ0n) is 10.9. The summed E-state index contributed by atoms with van der Waals surface area (Å²) in [6.45, 7) is 8.17. The average Bonchev–Trinajstić information content (AvgIpc) is 2.28. The summed E-state index contributed by atoms with van der Waals surface area (Å²) in [5, 5.41) is 0. The van der Waals surface area contributed by atoms with Crippen molar-refractivity contribution in [3.05, 3.63) is 29.8 Å². The molecular weight excluding hydrogens is 212 g/mol. The molecule has 0 spiro atoms. The Morgan fingerprint density at radius 3 is 2.53 bits per heavy atom. The maximum absolute atomic E-state index is 5.92. The zero-order chi connectivity index (χ0) is 12.4. The Morgan fingerprint density at radius 2 is 1.94 bits per heavy atom. The van der Waals surface area contributed by atoms with Crippen molar-refractivity contribution < 1.29 is 4.74 Å². The van der Waals surface area contributed by atoms with Gasteiger partial charge in [-0.15, -0.1) is 0 Å². The normalized spacial score (nSPS) is 26.9. The fourth-order valence-corrected chi connectivity index (χ4v) is 2.39. The molecule has 3 atom stereocenters. The Kier molecular flexibility index (Phi) is 3.69.